The Kier molecular flexibility index (Phi) is 9.73. The molecule has 0 bridgehead atoms. The van der Waals surface area contributed by atoms with Gasteiger partial charge in [0.1, 0.15) is 12.1 Å². The first kappa shape index (κ1) is 22.8. The van der Waals surface area contributed by atoms with E-state index in [9.17, 15) is 19.2 Å². The van der Waals surface area contributed by atoms with Crippen molar-refractivity contribution in [3.63, 3.8) is 0 Å². The fraction of sp³-hybridized carbons (Fsp3) is 0.750. The lowest BCUT2D eigenvalue weighted by Gasteiger charge is -2.26. The van der Waals surface area contributed by atoms with Crippen molar-refractivity contribution in [3.8, 4) is 0 Å². The van der Waals surface area contributed by atoms with Crippen LogP contribution in [0.1, 0.15) is 47.5 Å². The lowest BCUT2D eigenvalue weighted by atomic mass is 9.92. The summed E-state index contributed by atoms with van der Waals surface area (Å²) in [7, 11) is 0. The molecule has 1 unspecified atom stereocenters. The van der Waals surface area contributed by atoms with Crippen molar-refractivity contribution in [3.05, 3.63) is 0 Å². The molecule has 0 spiro atoms. The normalized spacial score (nSPS) is 14.6. The summed E-state index contributed by atoms with van der Waals surface area (Å²) >= 11 is 0. The third-order valence-corrected chi connectivity index (χ3v) is 3.72. The number of nitrogens with one attached hydrogen (secondary N) is 3. The quantitative estimate of drug-likeness (QED) is 0.268. The van der Waals surface area contributed by atoms with Crippen LogP contribution in [0.15, 0.2) is 0 Å². The predicted octanol–water partition coefficient (Wildman–Crippen LogP) is -0.325. The van der Waals surface area contributed by atoms with Crippen molar-refractivity contribution >= 4 is 23.6 Å². The first-order valence-corrected chi connectivity index (χ1v) is 8.32. The van der Waals surface area contributed by atoms with Gasteiger partial charge in [-0.05, 0) is 25.2 Å². The molecular formula is C16H30N4O5. The van der Waals surface area contributed by atoms with E-state index in [0.717, 1.165) is 0 Å². The Bertz CT molecular complexity index is 493. The molecule has 0 fully saturated rings. The van der Waals surface area contributed by atoms with E-state index in [-0.39, 0.29) is 18.3 Å². The first-order valence-electron chi connectivity index (χ1n) is 8.32. The summed E-state index contributed by atoms with van der Waals surface area (Å²) in [6.07, 6.45) is 0.230. The van der Waals surface area contributed by atoms with Crippen LogP contribution >= 0.6 is 0 Å². The molecule has 0 heterocycles. The third-order valence-electron chi connectivity index (χ3n) is 3.72. The van der Waals surface area contributed by atoms with Gasteiger partial charge in [-0.2, -0.15) is 0 Å². The maximum absolute atomic E-state index is 12.5. The summed E-state index contributed by atoms with van der Waals surface area (Å²) in [5.74, 6) is -3.12. The second kappa shape index (κ2) is 10.7. The molecule has 0 rings (SSSR count). The van der Waals surface area contributed by atoms with Crippen LogP contribution in [0.3, 0.4) is 0 Å². The molecule has 0 radical (unpaired) electrons. The minimum atomic E-state index is -0.874. The van der Waals surface area contributed by atoms with Gasteiger partial charge in [-0.25, -0.2) is 5.48 Å². The average Bonchev–Trinajstić information content (AvgIpc) is 2.50. The topological polar surface area (TPSA) is 151 Å². The van der Waals surface area contributed by atoms with Gasteiger partial charge < -0.3 is 16.4 Å². The Morgan fingerprint density at radius 2 is 1.52 bits per heavy atom. The zero-order valence-corrected chi connectivity index (χ0v) is 15.5. The van der Waals surface area contributed by atoms with Gasteiger partial charge in [-0.3, -0.25) is 24.4 Å². The zero-order chi connectivity index (χ0) is 19.7. The third kappa shape index (κ3) is 8.48. The lowest BCUT2D eigenvalue weighted by Crippen LogP contribution is -2.55. The highest BCUT2D eigenvalue weighted by molar-refractivity contribution is 5.93. The van der Waals surface area contributed by atoms with Crippen LogP contribution < -0.4 is 21.8 Å². The monoisotopic (exact) mass is 358 g/mol. The lowest BCUT2D eigenvalue weighted by molar-refractivity contribution is -0.137. The van der Waals surface area contributed by atoms with Gasteiger partial charge in [0, 0.05) is 12.3 Å². The summed E-state index contributed by atoms with van der Waals surface area (Å²) in [5, 5.41) is 13.8. The zero-order valence-electron chi connectivity index (χ0n) is 15.5. The Labute approximate surface area is 148 Å². The second-order valence-corrected chi connectivity index (χ2v) is 6.93. The van der Waals surface area contributed by atoms with Crippen molar-refractivity contribution in [2.45, 2.75) is 59.5 Å². The fourth-order valence-corrected chi connectivity index (χ4v) is 2.30. The Hall–Kier alpha value is -2.16. The highest BCUT2D eigenvalue weighted by Crippen LogP contribution is 2.17. The van der Waals surface area contributed by atoms with Crippen molar-refractivity contribution in [1.29, 1.82) is 0 Å². The molecule has 144 valence electrons. The number of carbonyl (C=O) groups is 4. The number of nitrogens with two attached hydrogens (primary N) is 1. The summed E-state index contributed by atoms with van der Waals surface area (Å²) < 4.78 is 0. The molecule has 0 aliphatic carbocycles. The first-order chi connectivity index (χ1) is 11.5. The Balaban J connectivity index is 5.11. The van der Waals surface area contributed by atoms with E-state index in [0.29, 0.717) is 6.42 Å². The van der Waals surface area contributed by atoms with Crippen molar-refractivity contribution in [2.24, 2.45) is 23.5 Å². The van der Waals surface area contributed by atoms with E-state index < -0.39 is 41.6 Å². The summed E-state index contributed by atoms with van der Waals surface area (Å²) in [6.45, 7) is 8.75. The Morgan fingerprint density at radius 1 is 0.960 bits per heavy atom. The number of amides is 4. The van der Waals surface area contributed by atoms with Crippen LogP contribution in [-0.2, 0) is 19.2 Å². The van der Waals surface area contributed by atoms with Crippen molar-refractivity contribution in [1.82, 2.24) is 16.1 Å². The largest absolute Gasteiger partial charge is 0.368 e. The molecule has 0 aliphatic rings. The van der Waals surface area contributed by atoms with E-state index in [1.165, 1.54) is 12.4 Å². The molecule has 0 aliphatic heterocycles. The molecule has 25 heavy (non-hydrogen) atoms. The maximum Gasteiger partial charge on any atom is 0.244 e. The summed E-state index contributed by atoms with van der Waals surface area (Å²) in [5.41, 5.74) is 6.64. The van der Waals surface area contributed by atoms with E-state index in [2.05, 4.69) is 10.6 Å². The van der Waals surface area contributed by atoms with Crippen LogP contribution in [-0.4, -0.2) is 40.9 Å². The second-order valence-electron chi connectivity index (χ2n) is 6.93. The molecule has 0 saturated heterocycles. The van der Waals surface area contributed by atoms with E-state index >= 15 is 0 Å². The number of hydrogen-bond donors (Lipinski definition) is 5. The van der Waals surface area contributed by atoms with Gasteiger partial charge in [0.05, 0.1) is 0 Å². The van der Waals surface area contributed by atoms with Gasteiger partial charge in [-0.15, -0.1) is 0 Å². The molecular weight excluding hydrogens is 328 g/mol. The molecule has 0 saturated carbocycles. The minimum Gasteiger partial charge on any atom is -0.368 e. The number of carbonyl (C=O) groups excluding carboxylic acids is 4. The highest BCUT2D eigenvalue weighted by Gasteiger charge is 2.30. The SMILES string of the molecule is CC(C)CC(CC(=O)NO)C(=O)N[C@H](C(=O)N[C@@H](C)C(N)=O)C(C)C. The molecule has 6 N–H and O–H groups in total. The Morgan fingerprint density at radius 3 is 1.92 bits per heavy atom. The number of hydrogen-bond acceptors (Lipinski definition) is 5. The molecule has 0 aromatic carbocycles. The molecule has 3 atom stereocenters. The molecule has 9 nitrogen and oxygen atoms in total. The summed E-state index contributed by atoms with van der Waals surface area (Å²) in [4.78, 5) is 47.3. The van der Waals surface area contributed by atoms with Crippen LogP contribution in [0.2, 0.25) is 0 Å². The standard InChI is InChI=1S/C16H30N4O5/c1-8(2)6-11(7-12(21)20-25)15(23)19-13(9(3)4)16(24)18-10(5)14(17)22/h8-11,13,25H,6-7H2,1-5H3,(H2,17,22)(H,18,24)(H,19,23)(H,20,21)/t10-,11?,13-/m0/s1. The fourth-order valence-electron chi connectivity index (χ4n) is 2.30. The minimum absolute atomic E-state index is 0.142. The van der Waals surface area contributed by atoms with Gasteiger partial charge in [0.2, 0.25) is 23.6 Å². The highest BCUT2D eigenvalue weighted by atomic mass is 16.5. The van der Waals surface area contributed by atoms with Crippen LogP contribution in [0.5, 0.6) is 0 Å². The van der Waals surface area contributed by atoms with Gasteiger partial charge in [0.15, 0.2) is 0 Å². The van der Waals surface area contributed by atoms with Gasteiger partial charge in [0.25, 0.3) is 0 Å². The maximum atomic E-state index is 12.5. The number of primary amides is 1. The average molecular weight is 358 g/mol. The number of rotatable bonds is 10. The van der Waals surface area contributed by atoms with Crippen LogP contribution in [0.25, 0.3) is 0 Å². The smallest absolute Gasteiger partial charge is 0.244 e. The molecule has 4 amide bonds. The molecule has 0 aromatic rings. The molecule has 9 heteroatoms. The van der Waals surface area contributed by atoms with Crippen LogP contribution in [0, 0.1) is 17.8 Å². The van der Waals surface area contributed by atoms with E-state index in [1.54, 1.807) is 13.8 Å². The van der Waals surface area contributed by atoms with Gasteiger partial charge >= 0.3 is 0 Å². The van der Waals surface area contributed by atoms with E-state index in [1.807, 2.05) is 13.8 Å². The van der Waals surface area contributed by atoms with Crippen molar-refractivity contribution in [2.75, 3.05) is 0 Å². The van der Waals surface area contributed by atoms with Crippen LogP contribution in [0.4, 0.5) is 0 Å². The number of hydroxylamine groups is 1. The van der Waals surface area contributed by atoms with E-state index in [4.69, 9.17) is 10.9 Å². The summed E-state index contributed by atoms with van der Waals surface area (Å²) in [6, 6.07) is -1.74. The predicted molar refractivity (Wildman–Crippen MR) is 91.1 cm³/mol. The molecule has 0 aromatic heterocycles. The van der Waals surface area contributed by atoms with Gasteiger partial charge in [-0.1, -0.05) is 27.7 Å². The van der Waals surface area contributed by atoms with Crippen molar-refractivity contribution < 1.29 is 24.4 Å².